The molecule has 0 aliphatic carbocycles. The Morgan fingerprint density at radius 1 is 0.808 bits per heavy atom. The van der Waals surface area contributed by atoms with Gasteiger partial charge in [0.05, 0.1) is 13.2 Å². The SMILES string of the molecule is O=S(=O)(N1CCOCC1)N1CCN(Cc2cccc3ccccc23)CC1. The van der Waals surface area contributed by atoms with Crippen molar-refractivity contribution in [3.63, 3.8) is 0 Å². The molecule has 0 N–H and O–H groups in total. The van der Waals surface area contributed by atoms with Gasteiger partial charge >= 0.3 is 0 Å². The van der Waals surface area contributed by atoms with Crippen LogP contribution in [0.3, 0.4) is 0 Å². The first-order chi connectivity index (χ1) is 12.6. The van der Waals surface area contributed by atoms with E-state index in [0.717, 1.165) is 19.6 Å². The zero-order valence-electron chi connectivity index (χ0n) is 14.9. The average Bonchev–Trinajstić information content (AvgIpc) is 2.69. The molecule has 0 aromatic heterocycles. The molecule has 2 aliphatic heterocycles. The van der Waals surface area contributed by atoms with Gasteiger partial charge in [-0.15, -0.1) is 0 Å². The number of piperazine rings is 1. The van der Waals surface area contributed by atoms with Crippen molar-refractivity contribution in [2.45, 2.75) is 6.54 Å². The normalized spacial score (nSPS) is 21.2. The van der Waals surface area contributed by atoms with Gasteiger partial charge in [0.2, 0.25) is 0 Å². The van der Waals surface area contributed by atoms with Gasteiger partial charge in [0.1, 0.15) is 0 Å². The van der Waals surface area contributed by atoms with Crippen LogP contribution in [0.4, 0.5) is 0 Å². The van der Waals surface area contributed by atoms with Crippen molar-refractivity contribution in [2.75, 3.05) is 52.5 Å². The number of fused-ring (bicyclic) bond motifs is 1. The summed E-state index contributed by atoms with van der Waals surface area (Å²) in [7, 11) is -3.36. The molecule has 2 aromatic rings. The fourth-order valence-electron chi connectivity index (χ4n) is 3.73. The lowest BCUT2D eigenvalue weighted by atomic mass is 10.0. The minimum Gasteiger partial charge on any atom is -0.379 e. The largest absolute Gasteiger partial charge is 0.379 e. The quantitative estimate of drug-likeness (QED) is 0.813. The summed E-state index contributed by atoms with van der Waals surface area (Å²) in [5, 5.41) is 2.52. The van der Waals surface area contributed by atoms with Crippen LogP contribution in [0.25, 0.3) is 10.8 Å². The molecule has 6 nitrogen and oxygen atoms in total. The molecule has 2 fully saturated rings. The summed E-state index contributed by atoms with van der Waals surface area (Å²) in [4.78, 5) is 2.34. The van der Waals surface area contributed by atoms with E-state index in [-0.39, 0.29) is 0 Å². The first-order valence-corrected chi connectivity index (χ1v) is 10.6. The zero-order chi connectivity index (χ0) is 18.0. The highest BCUT2D eigenvalue weighted by molar-refractivity contribution is 7.86. The molecule has 0 atom stereocenters. The van der Waals surface area contributed by atoms with Crippen molar-refractivity contribution in [2.24, 2.45) is 0 Å². The summed E-state index contributed by atoms with van der Waals surface area (Å²) in [5.41, 5.74) is 1.30. The number of benzene rings is 2. The summed E-state index contributed by atoms with van der Waals surface area (Å²) in [5.74, 6) is 0. The van der Waals surface area contributed by atoms with E-state index in [2.05, 4.69) is 47.4 Å². The Balaban J connectivity index is 1.40. The molecular weight excluding hydrogens is 350 g/mol. The van der Waals surface area contributed by atoms with E-state index in [1.54, 1.807) is 8.61 Å². The second kappa shape index (κ2) is 7.62. The van der Waals surface area contributed by atoms with Crippen LogP contribution in [0.2, 0.25) is 0 Å². The second-order valence-electron chi connectivity index (χ2n) is 6.83. The van der Waals surface area contributed by atoms with Gasteiger partial charge in [0.25, 0.3) is 10.2 Å². The van der Waals surface area contributed by atoms with Gasteiger partial charge in [0.15, 0.2) is 0 Å². The third kappa shape index (κ3) is 3.63. The van der Waals surface area contributed by atoms with E-state index in [1.807, 2.05) is 0 Å². The zero-order valence-corrected chi connectivity index (χ0v) is 15.7. The van der Waals surface area contributed by atoms with Crippen LogP contribution in [0.5, 0.6) is 0 Å². The van der Waals surface area contributed by atoms with Crippen LogP contribution < -0.4 is 0 Å². The maximum absolute atomic E-state index is 12.8. The summed E-state index contributed by atoms with van der Waals surface area (Å²) >= 11 is 0. The summed E-state index contributed by atoms with van der Waals surface area (Å²) in [6.07, 6.45) is 0. The van der Waals surface area contributed by atoms with E-state index in [9.17, 15) is 8.42 Å². The minimum atomic E-state index is -3.36. The number of hydrogen-bond donors (Lipinski definition) is 0. The molecule has 140 valence electrons. The molecule has 2 heterocycles. The number of rotatable bonds is 4. The first-order valence-electron chi connectivity index (χ1n) is 9.16. The van der Waals surface area contributed by atoms with Crippen molar-refractivity contribution >= 4 is 21.0 Å². The summed E-state index contributed by atoms with van der Waals surface area (Å²) < 4.78 is 34.0. The standard InChI is InChI=1S/C19H25N3O3S/c23-26(24,22-12-14-25-15-13-22)21-10-8-20(9-11-21)16-18-6-3-5-17-4-1-2-7-19(17)18/h1-7H,8-16H2. The highest BCUT2D eigenvalue weighted by atomic mass is 32.2. The Hall–Kier alpha value is -1.51. The lowest BCUT2D eigenvalue weighted by Gasteiger charge is -2.37. The van der Waals surface area contributed by atoms with E-state index in [4.69, 9.17) is 4.74 Å². The van der Waals surface area contributed by atoms with Crippen molar-refractivity contribution in [3.05, 3.63) is 48.0 Å². The highest BCUT2D eigenvalue weighted by Crippen LogP contribution is 2.21. The first kappa shape index (κ1) is 17.9. The predicted octanol–water partition coefficient (Wildman–Crippen LogP) is 1.53. The highest BCUT2D eigenvalue weighted by Gasteiger charge is 2.33. The maximum atomic E-state index is 12.8. The van der Waals surface area contributed by atoms with Gasteiger partial charge in [-0.3, -0.25) is 4.90 Å². The Labute approximate surface area is 155 Å². The van der Waals surface area contributed by atoms with Crippen LogP contribution in [0, 0.1) is 0 Å². The third-order valence-electron chi connectivity index (χ3n) is 5.23. The fraction of sp³-hybridized carbons (Fsp3) is 0.474. The number of hydrogen-bond acceptors (Lipinski definition) is 4. The van der Waals surface area contributed by atoms with Gasteiger partial charge in [0, 0.05) is 45.8 Å². The Morgan fingerprint density at radius 2 is 1.46 bits per heavy atom. The van der Waals surface area contributed by atoms with Crippen molar-refractivity contribution < 1.29 is 13.2 Å². The van der Waals surface area contributed by atoms with E-state index in [1.165, 1.54) is 16.3 Å². The van der Waals surface area contributed by atoms with Crippen molar-refractivity contribution in [3.8, 4) is 0 Å². The fourth-order valence-corrected chi connectivity index (χ4v) is 5.29. The summed E-state index contributed by atoms with van der Waals surface area (Å²) in [6, 6.07) is 14.8. The molecule has 2 aromatic carbocycles. The number of nitrogens with zero attached hydrogens (tertiary/aromatic N) is 3. The molecule has 26 heavy (non-hydrogen) atoms. The van der Waals surface area contributed by atoms with Crippen LogP contribution in [-0.4, -0.2) is 74.4 Å². The smallest absolute Gasteiger partial charge is 0.282 e. The Morgan fingerprint density at radius 3 is 2.23 bits per heavy atom. The molecule has 2 aliphatic rings. The lowest BCUT2D eigenvalue weighted by molar-refractivity contribution is 0.0684. The van der Waals surface area contributed by atoms with Gasteiger partial charge in [-0.25, -0.2) is 0 Å². The predicted molar refractivity (Wildman–Crippen MR) is 102 cm³/mol. The molecule has 0 amide bonds. The van der Waals surface area contributed by atoms with Gasteiger partial charge in [-0.1, -0.05) is 42.5 Å². The van der Waals surface area contributed by atoms with Gasteiger partial charge < -0.3 is 4.74 Å². The van der Waals surface area contributed by atoms with E-state index < -0.39 is 10.2 Å². The number of ether oxygens (including phenoxy) is 1. The Kier molecular flexibility index (Phi) is 5.24. The van der Waals surface area contributed by atoms with Crippen molar-refractivity contribution in [1.29, 1.82) is 0 Å². The molecule has 0 bridgehead atoms. The van der Waals surface area contributed by atoms with Crippen LogP contribution in [0.15, 0.2) is 42.5 Å². The minimum absolute atomic E-state index is 0.457. The summed E-state index contributed by atoms with van der Waals surface area (Å²) in [6.45, 7) is 5.35. The molecular formula is C19H25N3O3S. The number of morpholine rings is 1. The van der Waals surface area contributed by atoms with Gasteiger partial charge in [-0.2, -0.15) is 17.0 Å². The lowest BCUT2D eigenvalue weighted by Crippen LogP contribution is -2.54. The average molecular weight is 375 g/mol. The van der Waals surface area contributed by atoms with Crippen LogP contribution in [-0.2, 0) is 21.5 Å². The van der Waals surface area contributed by atoms with E-state index >= 15 is 0 Å². The van der Waals surface area contributed by atoms with Crippen molar-refractivity contribution in [1.82, 2.24) is 13.5 Å². The van der Waals surface area contributed by atoms with Crippen LogP contribution in [0.1, 0.15) is 5.56 Å². The topological polar surface area (TPSA) is 53.1 Å². The van der Waals surface area contributed by atoms with E-state index in [0.29, 0.717) is 39.4 Å². The Bertz CT molecular complexity index is 852. The molecule has 0 spiro atoms. The monoisotopic (exact) mass is 375 g/mol. The second-order valence-corrected chi connectivity index (χ2v) is 8.76. The third-order valence-corrected chi connectivity index (χ3v) is 7.26. The van der Waals surface area contributed by atoms with Crippen LogP contribution >= 0.6 is 0 Å². The maximum Gasteiger partial charge on any atom is 0.282 e. The molecule has 2 saturated heterocycles. The molecule has 0 unspecified atom stereocenters. The molecule has 0 radical (unpaired) electrons. The van der Waals surface area contributed by atoms with Gasteiger partial charge in [-0.05, 0) is 16.3 Å². The molecule has 4 rings (SSSR count). The molecule has 0 saturated carbocycles. The molecule has 7 heteroatoms.